The van der Waals surface area contributed by atoms with E-state index in [2.05, 4.69) is 41.8 Å². The Hall–Kier alpha value is -1.31. The molecule has 1 aromatic rings. The molecule has 0 radical (unpaired) electrons. The molecule has 2 aliphatic rings. The SMILES string of the molecule is CCNC(=NCc1cccc(CN2CCCC2=O)c1)NC1CCCCC1.I. The predicted octanol–water partition coefficient (Wildman–Crippen LogP) is 3.81. The molecule has 1 heterocycles. The van der Waals surface area contributed by atoms with Gasteiger partial charge in [0.15, 0.2) is 5.96 Å². The first-order chi connectivity index (χ1) is 12.7. The Morgan fingerprint density at radius 2 is 1.96 bits per heavy atom. The molecule has 1 saturated heterocycles. The summed E-state index contributed by atoms with van der Waals surface area (Å²) in [6.45, 7) is 5.24. The molecule has 3 rings (SSSR count). The van der Waals surface area contributed by atoms with Gasteiger partial charge in [-0.3, -0.25) is 4.79 Å². The third kappa shape index (κ3) is 6.97. The van der Waals surface area contributed by atoms with E-state index in [1.54, 1.807) is 0 Å². The summed E-state index contributed by atoms with van der Waals surface area (Å²) in [5, 5.41) is 6.96. The van der Waals surface area contributed by atoms with Crippen molar-refractivity contribution in [1.82, 2.24) is 15.5 Å². The fourth-order valence-electron chi connectivity index (χ4n) is 3.85. The number of hydrogen-bond acceptors (Lipinski definition) is 2. The maximum atomic E-state index is 11.8. The fraction of sp³-hybridized carbons (Fsp3) is 0.619. The van der Waals surface area contributed by atoms with Crippen LogP contribution < -0.4 is 10.6 Å². The topological polar surface area (TPSA) is 56.7 Å². The number of rotatable bonds is 6. The first kappa shape index (κ1) is 22.0. The van der Waals surface area contributed by atoms with Gasteiger partial charge in [-0.05, 0) is 37.3 Å². The molecule has 0 bridgehead atoms. The van der Waals surface area contributed by atoms with E-state index in [1.807, 2.05) is 4.90 Å². The molecule has 1 aliphatic heterocycles. The van der Waals surface area contributed by atoms with E-state index in [9.17, 15) is 4.79 Å². The Morgan fingerprint density at radius 1 is 1.19 bits per heavy atom. The van der Waals surface area contributed by atoms with Gasteiger partial charge in [0.2, 0.25) is 5.91 Å². The number of nitrogens with zero attached hydrogens (tertiary/aromatic N) is 2. The van der Waals surface area contributed by atoms with Crippen molar-refractivity contribution >= 4 is 35.8 Å². The average molecular weight is 484 g/mol. The molecule has 1 aromatic carbocycles. The third-order valence-corrected chi connectivity index (χ3v) is 5.25. The molecule has 5 nitrogen and oxygen atoms in total. The highest BCUT2D eigenvalue weighted by Crippen LogP contribution is 2.18. The van der Waals surface area contributed by atoms with Crippen LogP contribution in [0.5, 0.6) is 0 Å². The summed E-state index contributed by atoms with van der Waals surface area (Å²) in [6.07, 6.45) is 8.15. The summed E-state index contributed by atoms with van der Waals surface area (Å²) in [6, 6.07) is 9.02. The average Bonchev–Trinajstić information content (AvgIpc) is 3.06. The van der Waals surface area contributed by atoms with Crippen LogP contribution >= 0.6 is 24.0 Å². The molecule has 27 heavy (non-hydrogen) atoms. The van der Waals surface area contributed by atoms with Gasteiger partial charge >= 0.3 is 0 Å². The van der Waals surface area contributed by atoms with Crippen molar-refractivity contribution in [3.8, 4) is 0 Å². The number of aliphatic imine (C=N–C) groups is 1. The van der Waals surface area contributed by atoms with Gasteiger partial charge in [0.25, 0.3) is 0 Å². The van der Waals surface area contributed by atoms with Crippen LogP contribution in [0.2, 0.25) is 0 Å². The summed E-state index contributed by atoms with van der Waals surface area (Å²) >= 11 is 0. The van der Waals surface area contributed by atoms with Crippen LogP contribution in [0.15, 0.2) is 29.3 Å². The maximum absolute atomic E-state index is 11.8. The van der Waals surface area contributed by atoms with Crippen LogP contribution in [0, 0.1) is 0 Å². The largest absolute Gasteiger partial charge is 0.357 e. The second-order valence-corrected chi connectivity index (χ2v) is 7.41. The lowest BCUT2D eigenvalue weighted by Crippen LogP contribution is -2.44. The minimum Gasteiger partial charge on any atom is -0.357 e. The van der Waals surface area contributed by atoms with Crippen LogP contribution in [0.4, 0.5) is 0 Å². The van der Waals surface area contributed by atoms with Gasteiger partial charge in [-0.15, -0.1) is 24.0 Å². The van der Waals surface area contributed by atoms with Crippen molar-refractivity contribution in [1.29, 1.82) is 0 Å². The minimum absolute atomic E-state index is 0. The van der Waals surface area contributed by atoms with E-state index in [-0.39, 0.29) is 29.9 Å². The number of guanidine groups is 1. The predicted molar refractivity (Wildman–Crippen MR) is 121 cm³/mol. The number of benzene rings is 1. The molecule has 0 aromatic heterocycles. The van der Waals surface area contributed by atoms with E-state index < -0.39 is 0 Å². The van der Waals surface area contributed by atoms with E-state index in [0.717, 1.165) is 32.0 Å². The zero-order chi connectivity index (χ0) is 18.2. The van der Waals surface area contributed by atoms with Gasteiger partial charge in [0.05, 0.1) is 6.54 Å². The number of nitrogens with one attached hydrogen (secondary N) is 2. The van der Waals surface area contributed by atoms with Gasteiger partial charge in [-0.2, -0.15) is 0 Å². The quantitative estimate of drug-likeness (QED) is 0.367. The lowest BCUT2D eigenvalue weighted by molar-refractivity contribution is -0.128. The van der Waals surface area contributed by atoms with Gasteiger partial charge in [-0.1, -0.05) is 43.5 Å². The fourth-order valence-corrected chi connectivity index (χ4v) is 3.85. The molecule has 2 N–H and O–H groups in total. The number of amides is 1. The summed E-state index contributed by atoms with van der Waals surface area (Å²) in [5.41, 5.74) is 2.38. The van der Waals surface area contributed by atoms with Gasteiger partial charge in [-0.25, -0.2) is 4.99 Å². The first-order valence-corrected chi connectivity index (χ1v) is 10.1. The highest BCUT2D eigenvalue weighted by Gasteiger charge is 2.20. The molecule has 150 valence electrons. The zero-order valence-corrected chi connectivity index (χ0v) is 18.7. The Labute approximate surface area is 180 Å². The molecule has 6 heteroatoms. The molecule has 1 saturated carbocycles. The molecular weight excluding hydrogens is 451 g/mol. The van der Waals surface area contributed by atoms with Crippen LogP contribution in [-0.2, 0) is 17.9 Å². The zero-order valence-electron chi connectivity index (χ0n) is 16.4. The van der Waals surface area contributed by atoms with Crippen LogP contribution in [0.3, 0.4) is 0 Å². The lowest BCUT2D eigenvalue weighted by Gasteiger charge is -2.24. The smallest absolute Gasteiger partial charge is 0.222 e. The van der Waals surface area contributed by atoms with Crippen molar-refractivity contribution in [2.24, 2.45) is 4.99 Å². The summed E-state index contributed by atoms with van der Waals surface area (Å²) < 4.78 is 0. The van der Waals surface area contributed by atoms with E-state index >= 15 is 0 Å². The van der Waals surface area contributed by atoms with Gasteiger partial charge in [0.1, 0.15) is 0 Å². The summed E-state index contributed by atoms with van der Waals surface area (Å²) in [5.74, 6) is 1.19. The highest BCUT2D eigenvalue weighted by atomic mass is 127. The standard InChI is InChI=1S/C21H32N4O.HI/c1-2-22-21(24-19-10-4-3-5-11-19)23-15-17-8-6-9-18(14-17)16-25-13-7-12-20(25)26;/h6,8-9,14,19H,2-5,7,10-13,15-16H2,1H3,(H2,22,23,24);1H. The van der Waals surface area contributed by atoms with Crippen LogP contribution in [-0.4, -0.2) is 35.9 Å². The second kappa shape index (κ2) is 11.5. The number of likely N-dealkylation sites (tertiary alicyclic amines) is 1. The molecule has 2 fully saturated rings. The monoisotopic (exact) mass is 484 g/mol. The summed E-state index contributed by atoms with van der Waals surface area (Å²) in [7, 11) is 0. The molecule has 0 unspecified atom stereocenters. The van der Waals surface area contributed by atoms with Crippen LogP contribution in [0.1, 0.15) is 63.0 Å². The Bertz CT molecular complexity index is 628. The normalized spacial score (nSPS) is 18.3. The molecule has 0 spiro atoms. The number of halogens is 1. The van der Waals surface area contributed by atoms with Crippen LogP contribution in [0.25, 0.3) is 0 Å². The first-order valence-electron chi connectivity index (χ1n) is 10.1. The van der Waals surface area contributed by atoms with Crippen molar-refractivity contribution in [3.05, 3.63) is 35.4 Å². The Kier molecular flexibility index (Phi) is 9.38. The number of carbonyl (C=O) groups excluding carboxylic acids is 1. The molecule has 1 amide bonds. The van der Waals surface area contributed by atoms with Crippen molar-refractivity contribution < 1.29 is 4.79 Å². The van der Waals surface area contributed by atoms with Crippen molar-refractivity contribution in [2.75, 3.05) is 13.1 Å². The Morgan fingerprint density at radius 3 is 2.67 bits per heavy atom. The number of hydrogen-bond donors (Lipinski definition) is 2. The third-order valence-electron chi connectivity index (χ3n) is 5.25. The highest BCUT2D eigenvalue weighted by molar-refractivity contribution is 14.0. The maximum Gasteiger partial charge on any atom is 0.222 e. The Balaban J connectivity index is 0.00000261. The molecule has 1 aliphatic carbocycles. The molecular formula is C21H33IN4O. The van der Waals surface area contributed by atoms with Gasteiger partial charge in [0, 0.05) is 32.1 Å². The minimum atomic E-state index is 0. The van der Waals surface area contributed by atoms with E-state index in [1.165, 1.54) is 43.2 Å². The van der Waals surface area contributed by atoms with Crippen molar-refractivity contribution in [2.45, 2.75) is 71.0 Å². The second-order valence-electron chi connectivity index (χ2n) is 7.41. The molecule has 0 atom stereocenters. The summed E-state index contributed by atoms with van der Waals surface area (Å²) in [4.78, 5) is 18.6. The van der Waals surface area contributed by atoms with E-state index in [4.69, 9.17) is 4.99 Å². The lowest BCUT2D eigenvalue weighted by atomic mass is 9.96. The van der Waals surface area contributed by atoms with Crippen molar-refractivity contribution in [3.63, 3.8) is 0 Å². The van der Waals surface area contributed by atoms with E-state index in [0.29, 0.717) is 19.0 Å². The number of carbonyl (C=O) groups is 1. The van der Waals surface area contributed by atoms with Gasteiger partial charge < -0.3 is 15.5 Å².